The van der Waals surface area contributed by atoms with Gasteiger partial charge in [0.05, 0.1) is 17.7 Å². The van der Waals surface area contributed by atoms with E-state index in [9.17, 15) is 8.42 Å². The van der Waals surface area contributed by atoms with Crippen molar-refractivity contribution >= 4 is 21.4 Å². The molecule has 0 atom stereocenters. The van der Waals surface area contributed by atoms with E-state index in [4.69, 9.17) is 5.73 Å². The van der Waals surface area contributed by atoms with E-state index in [2.05, 4.69) is 4.98 Å². The summed E-state index contributed by atoms with van der Waals surface area (Å²) in [5.74, 6) is 0. The third kappa shape index (κ3) is 2.93. The SMILES string of the molecule is CCn1cc(S(=O)(=O)N(C)Cc2cscn2)cc1CN. The van der Waals surface area contributed by atoms with Crippen molar-refractivity contribution in [1.82, 2.24) is 13.9 Å². The zero-order chi connectivity index (χ0) is 14.8. The Morgan fingerprint density at radius 1 is 1.50 bits per heavy atom. The van der Waals surface area contributed by atoms with Gasteiger partial charge in [-0.25, -0.2) is 13.4 Å². The van der Waals surface area contributed by atoms with E-state index in [0.717, 1.165) is 11.4 Å². The molecule has 2 heterocycles. The molecule has 0 spiro atoms. The van der Waals surface area contributed by atoms with E-state index in [1.165, 1.54) is 15.6 Å². The van der Waals surface area contributed by atoms with Crippen molar-refractivity contribution < 1.29 is 8.42 Å². The molecule has 0 fully saturated rings. The molecule has 0 amide bonds. The maximum Gasteiger partial charge on any atom is 0.244 e. The molecule has 0 aliphatic carbocycles. The number of rotatable bonds is 6. The van der Waals surface area contributed by atoms with Crippen LogP contribution in [0.1, 0.15) is 18.3 Å². The Hall–Kier alpha value is -1.22. The number of aryl methyl sites for hydroxylation is 1. The van der Waals surface area contributed by atoms with Crippen LogP contribution in [-0.2, 0) is 29.7 Å². The lowest BCUT2D eigenvalue weighted by Crippen LogP contribution is -2.26. The summed E-state index contributed by atoms with van der Waals surface area (Å²) in [6.07, 6.45) is 1.63. The van der Waals surface area contributed by atoms with Crippen LogP contribution in [0.25, 0.3) is 0 Å². The minimum atomic E-state index is -3.52. The van der Waals surface area contributed by atoms with Crippen molar-refractivity contribution in [3.05, 3.63) is 34.5 Å². The van der Waals surface area contributed by atoms with Crippen molar-refractivity contribution in [3.8, 4) is 0 Å². The molecule has 2 aromatic heterocycles. The van der Waals surface area contributed by atoms with Crippen molar-refractivity contribution in [2.24, 2.45) is 5.73 Å². The molecule has 20 heavy (non-hydrogen) atoms. The van der Waals surface area contributed by atoms with E-state index in [-0.39, 0.29) is 11.4 Å². The highest BCUT2D eigenvalue weighted by atomic mass is 32.2. The fraction of sp³-hybridized carbons (Fsp3) is 0.417. The van der Waals surface area contributed by atoms with Crippen LogP contribution in [0.3, 0.4) is 0 Å². The van der Waals surface area contributed by atoms with Crippen LogP contribution in [0.4, 0.5) is 0 Å². The van der Waals surface area contributed by atoms with Gasteiger partial charge in [0.2, 0.25) is 10.0 Å². The number of hydrogen-bond donors (Lipinski definition) is 1. The lowest BCUT2D eigenvalue weighted by molar-refractivity contribution is 0.463. The molecule has 2 aromatic rings. The first-order chi connectivity index (χ1) is 9.48. The first-order valence-corrected chi connectivity index (χ1v) is 8.59. The molecule has 0 saturated heterocycles. The summed E-state index contributed by atoms with van der Waals surface area (Å²) in [5, 5.41) is 1.84. The molecule has 0 radical (unpaired) electrons. The summed E-state index contributed by atoms with van der Waals surface area (Å²) < 4.78 is 28.2. The number of sulfonamides is 1. The van der Waals surface area contributed by atoms with Gasteiger partial charge in [-0.1, -0.05) is 0 Å². The molecule has 0 unspecified atom stereocenters. The molecule has 8 heteroatoms. The highest BCUT2D eigenvalue weighted by Gasteiger charge is 2.23. The Labute approximate surface area is 122 Å². The van der Waals surface area contributed by atoms with Gasteiger partial charge in [0.15, 0.2) is 0 Å². The molecule has 0 saturated carbocycles. The van der Waals surface area contributed by atoms with Gasteiger partial charge in [-0.15, -0.1) is 11.3 Å². The first-order valence-electron chi connectivity index (χ1n) is 6.21. The summed E-state index contributed by atoms with van der Waals surface area (Å²) in [6.45, 7) is 3.23. The fourth-order valence-electron chi connectivity index (χ4n) is 1.94. The van der Waals surface area contributed by atoms with Crippen molar-refractivity contribution in [3.63, 3.8) is 0 Å². The summed E-state index contributed by atoms with van der Waals surface area (Å²) >= 11 is 1.45. The van der Waals surface area contributed by atoms with Gasteiger partial charge in [-0.2, -0.15) is 4.31 Å². The topological polar surface area (TPSA) is 81.2 Å². The minimum absolute atomic E-state index is 0.265. The second-order valence-electron chi connectivity index (χ2n) is 4.40. The second kappa shape index (κ2) is 6.04. The lowest BCUT2D eigenvalue weighted by atomic mass is 10.4. The zero-order valence-electron chi connectivity index (χ0n) is 11.5. The van der Waals surface area contributed by atoms with Crippen LogP contribution in [0.5, 0.6) is 0 Å². The van der Waals surface area contributed by atoms with Gasteiger partial charge in [0.1, 0.15) is 4.90 Å². The predicted octanol–water partition coefficient (Wildman–Crippen LogP) is 1.24. The molecular weight excluding hydrogens is 296 g/mol. The van der Waals surface area contributed by atoms with E-state index in [1.54, 1.807) is 24.8 Å². The molecule has 6 nitrogen and oxygen atoms in total. The first kappa shape index (κ1) is 15.2. The molecule has 0 aliphatic rings. The minimum Gasteiger partial charge on any atom is -0.349 e. The Morgan fingerprint density at radius 3 is 2.75 bits per heavy atom. The van der Waals surface area contributed by atoms with Crippen LogP contribution < -0.4 is 5.73 Å². The zero-order valence-corrected chi connectivity index (χ0v) is 13.1. The highest BCUT2D eigenvalue weighted by molar-refractivity contribution is 7.89. The molecule has 2 N–H and O–H groups in total. The number of hydrogen-bond acceptors (Lipinski definition) is 5. The van der Waals surface area contributed by atoms with Gasteiger partial charge in [-0.05, 0) is 13.0 Å². The molecule has 110 valence electrons. The fourth-order valence-corrected chi connectivity index (χ4v) is 3.70. The lowest BCUT2D eigenvalue weighted by Gasteiger charge is -2.14. The smallest absolute Gasteiger partial charge is 0.244 e. The van der Waals surface area contributed by atoms with E-state index < -0.39 is 10.0 Å². The standard InChI is InChI=1S/C12H18N4O2S2/c1-3-16-7-12(4-11(16)5-13)20(17,18)15(2)6-10-8-19-9-14-10/h4,7-9H,3,5-6,13H2,1-2H3. The van der Waals surface area contributed by atoms with E-state index in [0.29, 0.717) is 13.1 Å². The van der Waals surface area contributed by atoms with Gasteiger partial charge in [0, 0.05) is 37.4 Å². The van der Waals surface area contributed by atoms with E-state index >= 15 is 0 Å². The van der Waals surface area contributed by atoms with Gasteiger partial charge < -0.3 is 10.3 Å². The quantitative estimate of drug-likeness (QED) is 0.870. The Morgan fingerprint density at radius 2 is 2.25 bits per heavy atom. The van der Waals surface area contributed by atoms with Crippen molar-refractivity contribution in [2.45, 2.75) is 31.5 Å². The summed E-state index contributed by atoms with van der Waals surface area (Å²) in [7, 11) is -1.96. The van der Waals surface area contributed by atoms with Crippen LogP contribution in [0.2, 0.25) is 0 Å². The largest absolute Gasteiger partial charge is 0.349 e. The number of nitrogens with zero attached hydrogens (tertiary/aromatic N) is 3. The average Bonchev–Trinajstić information content (AvgIpc) is 3.06. The van der Waals surface area contributed by atoms with Crippen LogP contribution in [-0.4, -0.2) is 29.3 Å². The van der Waals surface area contributed by atoms with Gasteiger partial charge in [0.25, 0.3) is 0 Å². The second-order valence-corrected chi connectivity index (χ2v) is 7.16. The van der Waals surface area contributed by atoms with Gasteiger partial charge >= 0.3 is 0 Å². The van der Waals surface area contributed by atoms with Crippen LogP contribution in [0, 0.1) is 0 Å². The Kier molecular flexibility index (Phi) is 4.59. The number of aromatic nitrogens is 2. The van der Waals surface area contributed by atoms with Crippen molar-refractivity contribution in [1.29, 1.82) is 0 Å². The highest BCUT2D eigenvalue weighted by Crippen LogP contribution is 2.19. The number of thiazole rings is 1. The monoisotopic (exact) mass is 314 g/mol. The summed E-state index contributed by atoms with van der Waals surface area (Å²) in [5.41, 5.74) is 8.88. The third-order valence-corrected chi connectivity index (χ3v) is 5.49. The third-order valence-electron chi connectivity index (χ3n) is 3.09. The maximum atomic E-state index is 12.5. The summed E-state index contributed by atoms with van der Waals surface area (Å²) in [4.78, 5) is 4.38. The molecule has 0 aromatic carbocycles. The van der Waals surface area contributed by atoms with Crippen molar-refractivity contribution in [2.75, 3.05) is 7.05 Å². The Bertz CT molecular complexity index is 640. The molecule has 0 bridgehead atoms. The molecule has 2 rings (SSSR count). The van der Waals surface area contributed by atoms with Crippen LogP contribution in [0.15, 0.2) is 28.0 Å². The molecule has 0 aliphatic heterocycles. The normalized spacial score (nSPS) is 12.2. The maximum absolute atomic E-state index is 12.5. The molecular formula is C12H18N4O2S2. The average molecular weight is 314 g/mol. The van der Waals surface area contributed by atoms with Gasteiger partial charge in [-0.3, -0.25) is 0 Å². The predicted molar refractivity (Wildman–Crippen MR) is 78.8 cm³/mol. The number of nitrogens with two attached hydrogens (primary N) is 1. The van der Waals surface area contributed by atoms with Crippen LogP contribution >= 0.6 is 11.3 Å². The summed E-state index contributed by atoms with van der Waals surface area (Å²) in [6, 6.07) is 1.64. The Balaban J connectivity index is 2.27. The van der Waals surface area contributed by atoms with E-state index in [1.807, 2.05) is 16.9 Å².